The Kier molecular flexibility index (Phi) is 2.99. The summed E-state index contributed by atoms with van der Waals surface area (Å²) in [5.41, 5.74) is 2.23. The van der Waals surface area contributed by atoms with Gasteiger partial charge in [0.15, 0.2) is 0 Å². The van der Waals surface area contributed by atoms with Crippen LogP contribution in [-0.2, 0) is 6.54 Å². The minimum atomic E-state index is 0.575. The quantitative estimate of drug-likeness (QED) is 0.792. The molecule has 0 atom stereocenters. The molecule has 0 bridgehead atoms. The van der Waals surface area contributed by atoms with Gasteiger partial charge in [0.1, 0.15) is 11.6 Å². The summed E-state index contributed by atoms with van der Waals surface area (Å²) in [6, 6.07) is 12.2. The minimum absolute atomic E-state index is 0.575. The molecule has 0 radical (unpaired) electrons. The average molecular weight is 276 g/mol. The van der Waals surface area contributed by atoms with Crippen molar-refractivity contribution in [1.82, 2.24) is 15.0 Å². The second-order valence-corrected chi connectivity index (χ2v) is 5.42. The van der Waals surface area contributed by atoms with Crippen molar-refractivity contribution in [1.29, 1.82) is 0 Å². The molecule has 21 heavy (non-hydrogen) atoms. The van der Waals surface area contributed by atoms with E-state index in [2.05, 4.69) is 44.5 Å². The van der Waals surface area contributed by atoms with Gasteiger partial charge in [-0.25, -0.2) is 9.97 Å². The van der Waals surface area contributed by atoms with Crippen molar-refractivity contribution in [3.05, 3.63) is 60.2 Å². The Labute approximate surface area is 123 Å². The van der Waals surface area contributed by atoms with Crippen LogP contribution in [0.5, 0.6) is 0 Å². The smallest absolute Gasteiger partial charge is 0.133 e. The predicted octanol–water partition coefficient (Wildman–Crippen LogP) is 3.51. The molecule has 1 saturated carbocycles. The van der Waals surface area contributed by atoms with E-state index in [1.54, 1.807) is 0 Å². The van der Waals surface area contributed by atoms with E-state index in [4.69, 9.17) is 0 Å². The Morgan fingerprint density at radius 2 is 1.90 bits per heavy atom. The average Bonchev–Trinajstić information content (AvgIpc) is 3.38. The normalized spacial score (nSPS) is 14.3. The van der Waals surface area contributed by atoms with Crippen molar-refractivity contribution in [3.63, 3.8) is 0 Å². The first kappa shape index (κ1) is 12.3. The number of anilines is 1. The molecule has 4 heteroatoms. The maximum atomic E-state index is 4.59. The number of para-hydroxylation sites is 1. The largest absolute Gasteiger partial charge is 0.366 e. The lowest BCUT2D eigenvalue weighted by Crippen LogP contribution is -2.04. The number of benzene rings is 1. The second kappa shape index (κ2) is 5.13. The lowest BCUT2D eigenvalue weighted by molar-refractivity contribution is 0.921. The van der Waals surface area contributed by atoms with E-state index in [1.807, 2.05) is 24.5 Å². The molecule has 1 aliphatic carbocycles. The SMILES string of the molecule is c1cnc2c(CNc3ccnc(C4CC4)n3)cccc2c1. The summed E-state index contributed by atoms with van der Waals surface area (Å²) in [7, 11) is 0. The van der Waals surface area contributed by atoms with E-state index < -0.39 is 0 Å². The van der Waals surface area contributed by atoms with E-state index in [0.29, 0.717) is 5.92 Å². The van der Waals surface area contributed by atoms with E-state index in [0.717, 1.165) is 29.1 Å². The molecule has 0 aliphatic heterocycles. The van der Waals surface area contributed by atoms with Crippen molar-refractivity contribution in [2.75, 3.05) is 5.32 Å². The zero-order valence-electron chi connectivity index (χ0n) is 11.7. The number of aromatic nitrogens is 3. The zero-order chi connectivity index (χ0) is 14.1. The second-order valence-electron chi connectivity index (χ2n) is 5.42. The molecule has 2 heterocycles. The van der Waals surface area contributed by atoms with Crippen LogP contribution < -0.4 is 5.32 Å². The number of hydrogen-bond acceptors (Lipinski definition) is 4. The third-order valence-corrected chi connectivity index (χ3v) is 3.79. The summed E-state index contributed by atoms with van der Waals surface area (Å²) in [5.74, 6) is 2.43. The van der Waals surface area contributed by atoms with Gasteiger partial charge in [0.2, 0.25) is 0 Å². The monoisotopic (exact) mass is 276 g/mol. The Morgan fingerprint density at radius 3 is 2.81 bits per heavy atom. The highest BCUT2D eigenvalue weighted by Gasteiger charge is 2.26. The van der Waals surface area contributed by atoms with Gasteiger partial charge in [0, 0.05) is 30.2 Å². The molecule has 3 aromatic rings. The standard InChI is InChI=1S/C17H16N4/c1-3-12-5-2-9-18-16(12)14(4-1)11-20-15-8-10-19-17(21-15)13-6-7-13/h1-5,8-10,13H,6-7,11H2,(H,19,20,21). The van der Waals surface area contributed by atoms with E-state index in [-0.39, 0.29) is 0 Å². The Balaban J connectivity index is 1.56. The van der Waals surface area contributed by atoms with Gasteiger partial charge < -0.3 is 5.32 Å². The van der Waals surface area contributed by atoms with Gasteiger partial charge in [0.05, 0.1) is 5.52 Å². The third-order valence-electron chi connectivity index (χ3n) is 3.79. The molecular formula is C17H16N4. The van der Waals surface area contributed by atoms with Gasteiger partial charge in [-0.1, -0.05) is 24.3 Å². The van der Waals surface area contributed by atoms with Gasteiger partial charge >= 0.3 is 0 Å². The molecule has 0 amide bonds. The van der Waals surface area contributed by atoms with Gasteiger partial charge in [-0.2, -0.15) is 0 Å². The number of pyridine rings is 1. The Bertz CT molecular complexity index is 775. The Morgan fingerprint density at radius 1 is 1.00 bits per heavy atom. The summed E-state index contributed by atoms with van der Waals surface area (Å²) in [6.07, 6.45) is 6.11. The first-order chi connectivity index (χ1) is 10.4. The number of fused-ring (bicyclic) bond motifs is 1. The van der Waals surface area contributed by atoms with E-state index in [9.17, 15) is 0 Å². The molecule has 0 spiro atoms. The molecule has 4 nitrogen and oxygen atoms in total. The molecule has 0 unspecified atom stereocenters. The molecular weight excluding hydrogens is 260 g/mol. The van der Waals surface area contributed by atoms with Crippen LogP contribution in [0.1, 0.15) is 30.1 Å². The first-order valence-electron chi connectivity index (χ1n) is 7.29. The van der Waals surface area contributed by atoms with Crippen LogP contribution in [0.3, 0.4) is 0 Å². The fraction of sp³-hybridized carbons (Fsp3) is 0.235. The molecule has 1 aliphatic rings. The molecule has 2 aromatic heterocycles. The van der Waals surface area contributed by atoms with Crippen molar-refractivity contribution in [2.24, 2.45) is 0 Å². The molecule has 1 N–H and O–H groups in total. The predicted molar refractivity (Wildman–Crippen MR) is 83.1 cm³/mol. The topological polar surface area (TPSA) is 50.7 Å². The van der Waals surface area contributed by atoms with Crippen LogP contribution in [0.15, 0.2) is 48.8 Å². The number of rotatable bonds is 4. The van der Waals surface area contributed by atoms with Gasteiger partial charge in [-0.3, -0.25) is 4.98 Å². The van der Waals surface area contributed by atoms with Crippen LogP contribution in [-0.4, -0.2) is 15.0 Å². The fourth-order valence-corrected chi connectivity index (χ4v) is 2.51. The molecule has 4 rings (SSSR count). The Hall–Kier alpha value is -2.49. The summed E-state index contributed by atoms with van der Waals surface area (Å²) in [4.78, 5) is 13.4. The first-order valence-corrected chi connectivity index (χ1v) is 7.29. The van der Waals surface area contributed by atoms with E-state index in [1.165, 1.54) is 18.4 Å². The van der Waals surface area contributed by atoms with Crippen LogP contribution in [0, 0.1) is 0 Å². The maximum absolute atomic E-state index is 4.59. The number of hydrogen-bond donors (Lipinski definition) is 1. The summed E-state index contributed by atoms with van der Waals surface area (Å²) < 4.78 is 0. The molecule has 1 aromatic carbocycles. The molecule has 0 saturated heterocycles. The van der Waals surface area contributed by atoms with Crippen LogP contribution in [0.4, 0.5) is 5.82 Å². The van der Waals surface area contributed by atoms with E-state index >= 15 is 0 Å². The highest BCUT2D eigenvalue weighted by molar-refractivity contribution is 5.81. The molecule has 1 fully saturated rings. The fourth-order valence-electron chi connectivity index (χ4n) is 2.51. The van der Waals surface area contributed by atoms with Gasteiger partial charge in [-0.15, -0.1) is 0 Å². The zero-order valence-corrected chi connectivity index (χ0v) is 11.7. The lowest BCUT2D eigenvalue weighted by Gasteiger charge is -2.08. The van der Waals surface area contributed by atoms with Gasteiger partial charge in [0.25, 0.3) is 0 Å². The van der Waals surface area contributed by atoms with Crippen LogP contribution >= 0.6 is 0 Å². The van der Waals surface area contributed by atoms with Crippen molar-refractivity contribution in [2.45, 2.75) is 25.3 Å². The van der Waals surface area contributed by atoms with Crippen LogP contribution in [0.25, 0.3) is 10.9 Å². The summed E-state index contributed by atoms with van der Waals surface area (Å²) in [6.45, 7) is 0.718. The van der Waals surface area contributed by atoms with Crippen molar-refractivity contribution >= 4 is 16.7 Å². The lowest BCUT2D eigenvalue weighted by atomic mass is 10.1. The molecule has 104 valence electrons. The summed E-state index contributed by atoms with van der Waals surface area (Å²) >= 11 is 0. The minimum Gasteiger partial charge on any atom is -0.366 e. The maximum Gasteiger partial charge on any atom is 0.133 e. The highest BCUT2D eigenvalue weighted by Crippen LogP contribution is 2.38. The third kappa shape index (κ3) is 2.57. The van der Waals surface area contributed by atoms with Crippen LogP contribution in [0.2, 0.25) is 0 Å². The number of nitrogens with one attached hydrogen (secondary N) is 1. The summed E-state index contributed by atoms with van der Waals surface area (Å²) in [5, 5.41) is 4.55. The number of nitrogens with zero attached hydrogens (tertiary/aromatic N) is 3. The van der Waals surface area contributed by atoms with Crippen molar-refractivity contribution in [3.8, 4) is 0 Å². The van der Waals surface area contributed by atoms with Crippen molar-refractivity contribution < 1.29 is 0 Å². The highest BCUT2D eigenvalue weighted by atomic mass is 15.0. The van der Waals surface area contributed by atoms with Gasteiger partial charge in [-0.05, 0) is 30.5 Å².